The Kier molecular flexibility index (Phi) is 5.32. The van der Waals surface area contributed by atoms with Gasteiger partial charge in [0.25, 0.3) is 0 Å². The highest BCUT2D eigenvalue weighted by molar-refractivity contribution is 6.31. The average molecular weight is 310 g/mol. The minimum atomic E-state index is -0.548. The van der Waals surface area contributed by atoms with E-state index in [4.69, 9.17) is 11.6 Å². The molecule has 2 rings (SSSR count). The number of nitrogens with one attached hydrogen (secondary N) is 1. The van der Waals surface area contributed by atoms with Crippen LogP contribution < -0.4 is 5.32 Å². The molecule has 1 nitrogen and oxygen atoms in total. The molecule has 2 aromatic carbocycles. The van der Waals surface area contributed by atoms with Crippen LogP contribution in [0, 0.1) is 18.6 Å². The molecule has 2 aromatic rings. The minimum Gasteiger partial charge on any atom is -0.316 e. The van der Waals surface area contributed by atoms with E-state index >= 15 is 0 Å². The van der Waals surface area contributed by atoms with Gasteiger partial charge < -0.3 is 5.32 Å². The Hall–Kier alpha value is -1.45. The summed E-state index contributed by atoms with van der Waals surface area (Å²) in [5.74, 6) is -1.10. The number of hydrogen-bond donors (Lipinski definition) is 1. The third-order valence-electron chi connectivity index (χ3n) is 3.49. The lowest BCUT2D eigenvalue weighted by Gasteiger charge is -2.17. The van der Waals surface area contributed by atoms with E-state index in [2.05, 4.69) is 5.32 Å². The topological polar surface area (TPSA) is 12.0 Å². The third kappa shape index (κ3) is 4.51. The van der Waals surface area contributed by atoms with Crippen LogP contribution in [-0.4, -0.2) is 13.1 Å². The lowest BCUT2D eigenvalue weighted by atomic mass is 9.98. The van der Waals surface area contributed by atoms with Gasteiger partial charge in [-0.2, -0.15) is 0 Å². The van der Waals surface area contributed by atoms with Gasteiger partial charge in [-0.15, -0.1) is 0 Å². The second kappa shape index (κ2) is 7.01. The molecule has 4 heteroatoms. The molecule has 0 bridgehead atoms. The molecule has 0 aromatic heterocycles. The summed E-state index contributed by atoms with van der Waals surface area (Å²) in [7, 11) is 1.84. The van der Waals surface area contributed by atoms with Gasteiger partial charge in [-0.25, -0.2) is 8.78 Å². The Balaban J connectivity index is 2.12. The van der Waals surface area contributed by atoms with Crippen LogP contribution >= 0.6 is 11.6 Å². The molecule has 112 valence electrons. The van der Waals surface area contributed by atoms with Crippen molar-refractivity contribution in [1.29, 1.82) is 0 Å². The van der Waals surface area contributed by atoms with E-state index in [1.807, 2.05) is 32.2 Å². The van der Waals surface area contributed by atoms with Gasteiger partial charge in [0.2, 0.25) is 0 Å². The summed E-state index contributed by atoms with van der Waals surface area (Å²) in [5.41, 5.74) is 2.77. The van der Waals surface area contributed by atoms with Crippen LogP contribution in [0.25, 0.3) is 0 Å². The molecule has 0 saturated heterocycles. The van der Waals surface area contributed by atoms with Crippen LogP contribution in [0.3, 0.4) is 0 Å². The number of likely N-dealkylation sites (N-methyl/N-ethyl adjacent to an activating group) is 1. The van der Waals surface area contributed by atoms with E-state index < -0.39 is 11.6 Å². The molecule has 0 amide bonds. The van der Waals surface area contributed by atoms with E-state index in [9.17, 15) is 8.78 Å². The molecular weight excluding hydrogens is 292 g/mol. The predicted molar refractivity (Wildman–Crippen MR) is 82.8 cm³/mol. The molecule has 0 spiro atoms. The monoisotopic (exact) mass is 309 g/mol. The van der Waals surface area contributed by atoms with Crippen molar-refractivity contribution in [2.45, 2.75) is 25.8 Å². The first-order valence-corrected chi connectivity index (χ1v) is 7.23. The second-order valence-corrected chi connectivity index (χ2v) is 5.67. The smallest absolute Gasteiger partial charge is 0.126 e. The first kappa shape index (κ1) is 15.9. The largest absolute Gasteiger partial charge is 0.316 e. The van der Waals surface area contributed by atoms with Crippen molar-refractivity contribution in [2.24, 2.45) is 0 Å². The number of hydrogen-bond acceptors (Lipinski definition) is 1. The van der Waals surface area contributed by atoms with E-state index in [1.165, 1.54) is 12.1 Å². The Morgan fingerprint density at radius 3 is 2.29 bits per heavy atom. The van der Waals surface area contributed by atoms with Gasteiger partial charge in [-0.05, 0) is 61.7 Å². The fraction of sp³-hybridized carbons (Fsp3) is 0.294. The molecule has 0 saturated carbocycles. The summed E-state index contributed by atoms with van der Waals surface area (Å²) >= 11 is 6.24. The van der Waals surface area contributed by atoms with Gasteiger partial charge >= 0.3 is 0 Å². The van der Waals surface area contributed by atoms with Crippen LogP contribution in [0.15, 0.2) is 36.4 Å². The quantitative estimate of drug-likeness (QED) is 0.868. The van der Waals surface area contributed by atoms with Crippen molar-refractivity contribution >= 4 is 11.6 Å². The van der Waals surface area contributed by atoms with Crippen LogP contribution in [-0.2, 0) is 12.8 Å². The van der Waals surface area contributed by atoms with Crippen molar-refractivity contribution in [3.63, 3.8) is 0 Å². The molecule has 0 radical (unpaired) electrons. The molecule has 1 unspecified atom stereocenters. The fourth-order valence-corrected chi connectivity index (χ4v) is 2.69. The van der Waals surface area contributed by atoms with Crippen molar-refractivity contribution < 1.29 is 8.78 Å². The summed E-state index contributed by atoms with van der Waals surface area (Å²) in [6, 6.07) is 9.60. The lowest BCUT2D eigenvalue weighted by molar-refractivity contribution is 0.543. The highest BCUT2D eigenvalue weighted by Crippen LogP contribution is 2.20. The average Bonchev–Trinajstić information content (AvgIpc) is 2.39. The zero-order valence-corrected chi connectivity index (χ0v) is 12.8. The molecule has 0 aliphatic heterocycles. The van der Waals surface area contributed by atoms with Gasteiger partial charge in [0.15, 0.2) is 0 Å². The summed E-state index contributed by atoms with van der Waals surface area (Å²) < 4.78 is 26.5. The second-order valence-electron chi connectivity index (χ2n) is 5.27. The van der Waals surface area contributed by atoms with Crippen molar-refractivity contribution in [3.05, 3.63) is 69.7 Å². The zero-order chi connectivity index (χ0) is 15.4. The molecule has 0 heterocycles. The lowest BCUT2D eigenvalue weighted by Crippen LogP contribution is -2.30. The van der Waals surface area contributed by atoms with Crippen LogP contribution in [0.2, 0.25) is 5.02 Å². The summed E-state index contributed by atoms with van der Waals surface area (Å²) in [5, 5.41) is 3.90. The number of rotatable bonds is 5. The Morgan fingerprint density at radius 1 is 1.05 bits per heavy atom. The molecule has 21 heavy (non-hydrogen) atoms. The van der Waals surface area contributed by atoms with E-state index in [0.717, 1.165) is 22.2 Å². The molecule has 0 aliphatic rings. The van der Waals surface area contributed by atoms with Crippen LogP contribution in [0.4, 0.5) is 8.78 Å². The zero-order valence-electron chi connectivity index (χ0n) is 12.1. The van der Waals surface area contributed by atoms with Crippen molar-refractivity contribution in [2.75, 3.05) is 7.05 Å². The summed E-state index contributed by atoms with van der Waals surface area (Å²) in [4.78, 5) is 0. The van der Waals surface area contributed by atoms with Gasteiger partial charge in [0, 0.05) is 17.1 Å². The molecule has 0 fully saturated rings. The number of halogens is 3. The maximum Gasteiger partial charge on any atom is 0.126 e. The number of benzene rings is 2. The van der Waals surface area contributed by atoms with Crippen molar-refractivity contribution in [1.82, 2.24) is 5.32 Å². The van der Waals surface area contributed by atoms with Crippen molar-refractivity contribution in [3.8, 4) is 0 Å². The fourth-order valence-electron chi connectivity index (χ4n) is 2.37. The Morgan fingerprint density at radius 2 is 1.71 bits per heavy atom. The van der Waals surface area contributed by atoms with E-state index in [0.29, 0.717) is 18.4 Å². The minimum absolute atomic E-state index is 0.0615. The standard InChI is InChI=1S/C17H18ClF2N/c1-11-3-4-13(17(18)5-11)9-16(21-2)8-12-6-14(19)10-15(20)7-12/h3-7,10,16,21H,8-9H2,1-2H3. The van der Waals surface area contributed by atoms with Crippen LogP contribution in [0.1, 0.15) is 16.7 Å². The maximum atomic E-state index is 13.2. The number of aryl methyl sites for hydroxylation is 1. The first-order chi connectivity index (χ1) is 9.97. The SMILES string of the molecule is CNC(Cc1cc(F)cc(F)c1)Cc1ccc(C)cc1Cl. The molecular formula is C17H18ClF2N. The summed E-state index contributed by atoms with van der Waals surface area (Å²) in [6.45, 7) is 1.99. The Labute approximate surface area is 128 Å². The van der Waals surface area contributed by atoms with Gasteiger partial charge in [0.05, 0.1) is 0 Å². The van der Waals surface area contributed by atoms with Gasteiger partial charge in [-0.1, -0.05) is 23.7 Å². The normalized spacial score (nSPS) is 12.4. The highest BCUT2D eigenvalue weighted by atomic mass is 35.5. The highest BCUT2D eigenvalue weighted by Gasteiger charge is 2.12. The maximum absolute atomic E-state index is 13.2. The molecule has 1 atom stereocenters. The third-order valence-corrected chi connectivity index (χ3v) is 3.84. The van der Waals surface area contributed by atoms with Crippen LogP contribution in [0.5, 0.6) is 0 Å². The predicted octanol–water partition coefficient (Wildman–Crippen LogP) is 4.30. The van der Waals surface area contributed by atoms with E-state index in [1.54, 1.807) is 0 Å². The Bertz CT molecular complexity index is 608. The molecule has 1 N–H and O–H groups in total. The van der Waals surface area contributed by atoms with Gasteiger partial charge in [-0.3, -0.25) is 0 Å². The summed E-state index contributed by atoms with van der Waals surface area (Å²) in [6.07, 6.45) is 1.24. The van der Waals surface area contributed by atoms with Gasteiger partial charge in [0.1, 0.15) is 11.6 Å². The molecule has 0 aliphatic carbocycles. The first-order valence-electron chi connectivity index (χ1n) is 6.85. The van der Waals surface area contributed by atoms with E-state index in [-0.39, 0.29) is 6.04 Å².